The number of hydrogen-bond donors (Lipinski definition) is 8. The van der Waals surface area contributed by atoms with Gasteiger partial charge in [-0.05, 0) is 18.2 Å². The molecule has 3 aromatic rings. The van der Waals surface area contributed by atoms with Crippen molar-refractivity contribution in [2.75, 3.05) is 6.61 Å². The van der Waals surface area contributed by atoms with Gasteiger partial charge in [0.25, 0.3) is 0 Å². The summed E-state index contributed by atoms with van der Waals surface area (Å²) in [5.74, 6) is -3.91. The fourth-order valence-electron chi connectivity index (χ4n) is 3.66. The minimum Gasteiger partial charge on any atom is -0.507 e. The molecule has 200 valence electrons. The van der Waals surface area contributed by atoms with E-state index >= 15 is 0 Å². The van der Waals surface area contributed by atoms with E-state index in [0.29, 0.717) is 0 Å². The summed E-state index contributed by atoms with van der Waals surface area (Å²) in [6, 6.07) is 4.65. The van der Waals surface area contributed by atoms with Gasteiger partial charge in [0.05, 0.1) is 6.61 Å². The highest BCUT2D eigenvalue weighted by Crippen LogP contribution is 2.42. The standard InChI is InChI=1S/C21H20O15S/c22-6-14-16(27)17(28)18(29)21(34-14)35-19-11(26)4-9(24)15-10(25)5-12(33-20(15)19)7-1-2-8(23)13(3-7)36-37(30,31)32/h1-5,14,16-18,21-24,26-29H,6H2,(H,30,31,32). The van der Waals surface area contributed by atoms with E-state index < -0.39 is 92.9 Å². The first kappa shape index (κ1) is 26.4. The zero-order valence-electron chi connectivity index (χ0n) is 18.3. The van der Waals surface area contributed by atoms with Crippen molar-refractivity contribution in [1.82, 2.24) is 0 Å². The topological polar surface area (TPSA) is 254 Å². The molecule has 5 unspecified atom stereocenters. The van der Waals surface area contributed by atoms with Gasteiger partial charge in [-0.3, -0.25) is 9.35 Å². The third kappa shape index (κ3) is 5.12. The zero-order valence-corrected chi connectivity index (χ0v) is 19.1. The molecule has 0 amide bonds. The SMILES string of the molecule is O=c1cc(-c2ccc(O)c(OS(=O)(=O)O)c2)oc2c(OC3OC(CO)C(O)C(O)C3O)c(O)cc(O)c12. The molecule has 37 heavy (non-hydrogen) atoms. The number of aromatic hydroxyl groups is 3. The Morgan fingerprint density at radius 1 is 0.919 bits per heavy atom. The van der Waals surface area contributed by atoms with Gasteiger partial charge in [0.15, 0.2) is 28.3 Å². The molecule has 1 aliphatic heterocycles. The summed E-state index contributed by atoms with van der Waals surface area (Å²) in [4.78, 5) is 12.8. The Bertz CT molecular complexity index is 1500. The fourth-order valence-corrected chi connectivity index (χ4v) is 4.02. The van der Waals surface area contributed by atoms with Crippen LogP contribution in [0, 0.1) is 0 Å². The van der Waals surface area contributed by atoms with E-state index in [2.05, 4.69) is 4.18 Å². The van der Waals surface area contributed by atoms with Crippen molar-refractivity contribution in [3.8, 4) is 40.1 Å². The van der Waals surface area contributed by atoms with E-state index in [1.807, 2.05) is 0 Å². The molecule has 15 nitrogen and oxygen atoms in total. The van der Waals surface area contributed by atoms with Crippen LogP contribution in [0.4, 0.5) is 0 Å². The Morgan fingerprint density at radius 3 is 2.27 bits per heavy atom. The maximum Gasteiger partial charge on any atom is 0.446 e. The zero-order chi connectivity index (χ0) is 27.2. The van der Waals surface area contributed by atoms with Crippen molar-refractivity contribution < 1.29 is 66.8 Å². The smallest absolute Gasteiger partial charge is 0.446 e. The average molecular weight is 544 g/mol. The van der Waals surface area contributed by atoms with Crippen molar-refractivity contribution in [3.05, 3.63) is 40.6 Å². The fraction of sp³-hybridized carbons (Fsp3) is 0.286. The van der Waals surface area contributed by atoms with E-state index in [1.54, 1.807) is 0 Å². The van der Waals surface area contributed by atoms with Gasteiger partial charge in [-0.1, -0.05) is 0 Å². The van der Waals surface area contributed by atoms with Gasteiger partial charge in [0, 0.05) is 17.7 Å². The predicted octanol–water partition coefficient (Wildman–Crippen LogP) is -1.06. The molecule has 16 heteroatoms. The summed E-state index contributed by atoms with van der Waals surface area (Å²) in [5, 5.41) is 69.5. The van der Waals surface area contributed by atoms with Crippen LogP contribution in [0.3, 0.4) is 0 Å². The van der Waals surface area contributed by atoms with Gasteiger partial charge in [-0.2, -0.15) is 8.42 Å². The molecule has 1 aromatic heterocycles. The minimum absolute atomic E-state index is 0.0722. The molecule has 0 radical (unpaired) electrons. The number of ether oxygens (including phenoxy) is 2. The molecule has 4 rings (SSSR count). The second kappa shape index (κ2) is 9.67. The summed E-state index contributed by atoms with van der Waals surface area (Å²) in [7, 11) is -5.03. The largest absolute Gasteiger partial charge is 0.507 e. The third-order valence-electron chi connectivity index (χ3n) is 5.44. The summed E-state index contributed by atoms with van der Waals surface area (Å²) >= 11 is 0. The lowest BCUT2D eigenvalue weighted by molar-refractivity contribution is -0.277. The lowest BCUT2D eigenvalue weighted by Crippen LogP contribution is -2.60. The summed E-state index contributed by atoms with van der Waals surface area (Å²) in [5.41, 5.74) is -1.53. The number of phenols is 3. The van der Waals surface area contributed by atoms with Crippen LogP contribution >= 0.6 is 0 Å². The molecule has 1 fully saturated rings. The van der Waals surface area contributed by atoms with Crippen molar-refractivity contribution in [1.29, 1.82) is 0 Å². The number of phenolic OH excluding ortho intramolecular Hbond substituents is 3. The molecular formula is C21H20O15S. The average Bonchev–Trinajstić information content (AvgIpc) is 2.81. The van der Waals surface area contributed by atoms with E-state index in [-0.39, 0.29) is 11.3 Å². The molecular weight excluding hydrogens is 524 g/mol. The van der Waals surface area contributed by atoms with E-state index in [9.17, 15) is 49.0 Å². The number of benzene rings is 2. The van der Waals surface area contributed by atoms with Crippen LogP contribution < -0.4 is 14.3 Å². The Kier molecular flexibility index (Phi) is 6.91. The second-order valence-corrected chi connectivity index (χ2v) is 8.95. The van der Waals surface area contributed by atoms with Crippen molar-refractivity contribution in [2.24, 2.45) is 0 Å². The maximum absolute atomic E-state index is 12.8. The Balaban J connectivity index is 1.84. The molecule has 8 N–H and O–H groups in total. The van der Waals surface area contributed by atoms with Crippen LogP contribution in [-0.2, 0) is 15.1 Å². The molecule has 0 spiro atoms. The van der Waals surface area contributed by atoms with Crippen molar-refractivity contribution >= 4 is 21.4 Å². The number of aliphatic hydroxyl groups excluding tert-OH is 4. The van der Waals surface area contributed by atoms with Gasteiger partial charge in [0.2, 0.25) is 12.0 Å². The number of rotatable bonds is 6. The van der Waals surface area contributed by atoms with Gasteiger partial charge < -0.3 is 53.8 Å². The maximum atomic E-state index is 12.8. The van der Waals surface area contributed by atoms with Crippen LogP contribution in [0.1, 0.15) is 0 Å². The Morgan fingerprint density at radius 2 is 1.62 bits per heavy atom. The summed E-state index contributed by atoms with van der Waals surface area (Å²) in [6.45, 7) is -0.777. The summed E-state index contributed by atoms with van der Waals surface area (Å²) < 4.78 is 51.6. The third-order valence-corrected chi connectivity index (χ3v) is 5.83. The molecule has 0 saturated carbocycles. The Labute approximate surface area is 206 Å². The normalized spacial score (nSPS) is 24.2. The first-order chi connectivity index (χ1) is 17.3. The highest BCUT2D eigenvalue weighted by atomic mass is 32.3. The minimum atomic E-state index is -5.03. The molecule has 1 saturated heterocycles. The number of aliphatic hydroxyl groups is 4. The Hall–Kier alpha value is -3.64. The molecule has 5 atom stereocenters. The highest BCUT2D eigenvalue weighted by Gasteiger charge is 2.45. The van der Waals surface area contributed by atoms with Crippen molar-refractivity contribution in [2.45, 2.75) is 30.7 Å². The predicted molar refractivity (Wildman–Crippen MR) is 119 cm³/mol. The highest BCUT2D eigenvalue weighted by molar-refractivity contribution is 7.81. The van der Waals surface area contributed by atoms with E-state index in [4.69, 9.17) is 18.4 Å². The lowest BCUT2D eigenvalue weighted by atomic mass is 9.99. The first-order valence-electron chi connectivity index (χ1n) is 10.3. The van der Waals surface area contributed by atoms with Crippen LogP contribution in [0.15, 0.2) is 39.5 Å². The molecule has 2 heterocycles. The van der Waals surface area contributed by atoms with Crippen LogP contribution in [-0.4, -0.2) is 86.0 Å². The van der Waals surface area contributed by atoms with Gasteiger partial charge in [-0.25, -0.2) is 0 Å². The number of fused-ring (bicyclic) bond motifs is 1. The van der Waals surface area contributed by atoms with Crippen LogP contribution in [0.5, 0.6) is 28.7 Å². The van der Waals surface area contributed by atoms with Crippen LogP contribution in [0.2, 0.25) is 0 Å². The van der Waals surface area contributed by atoms with Gasteiger partial charge in [-0.15, -0.1) is 0 Å². The molecule has 2 aromatic carbocycles. The lowest BCUT2D eigenvalue weighted by Gasteiger charge is -2.39. The quantitative estimate of drug-likeness (QED) is 0.172. The molecule has 0 aliphatic carbocycles. The van der Waals surface area contributed by atoms with Crippen molar-refractivity contribution in [3.63, 3.8) is 0 Å². The van der Waals surface area contributed by atoms with E-state index in [0.717, 1.165) is 24.3 Å². The monoisotopic (exact) mass is 544 g/mol. The van der Waals surface area contributed by atoms with Gasteiger partial charge in [0.1, 0.15) is 41.3 Å². The van der Waals surface area contributed by atoms with Gasteiger partial charge >= 0.3 is 10.4 Å². The molecule has 1 aliphatic rings. The number of hydrogen-bond acceptors (Lipinski definition) is 14. The summed E-state index contributed by atoms with van der Waals surface area (Å²) in [6.07, 6.45) is -8.60. The second-order valence-electron chi connectivity index (χ2n) is 7.93. The van der Waals surface area contributed by atoms with E-state index in [1.165, 1.54) is 6.07 Å². The van der Waals surface area contributed by atoms with Crippen LogP contribution in [0.25, 0.3) is 22.3 Å². The molecule has 0 bridgehead atoms. The first-order valence-corrected chi connectivity index (χ1v) is 11.7.